The van der Waals surface area contributed by atoms with Gasteiger partial charge in [0.2, 0.25) is 0 Å². The van der Waals surface area contributed by atoms with Crippen LogP contribution in [0, 0.1) is 11.3 Å². The SMILES string of the molecule is Cn1cc(/C=C(\C#N)C(=O)Nc2ccc(Cl)cc2Cl)cn1. The number of benzene rings is 1. The molecule has 0 unspecified atom stereocenters. The first-order valence-corrected chi connectivity index (χ1v) is 6.62. The fourth-order valence-corrected chi connectivity index (χ4v) is 2.07. The largest absolute Gasteiger partial charge is 0.320 e. The Hall–Kier alpha value is -2.29. The third-order valence-electron chi connectivity index (χ3n) is 2.58. The van der Waals surface area contributed by atoms with E-state index in [-0.39, 0.29) is 5.57 Å². The maximum atomic E-state index is 12.1. The first-order valence-electron chi connectivity index (χ1n) is 5.86. The molecule has 0 fully saturated rings. The lowest BCUT2D eigenvalue weighted by atomic mass is 10.2. The molecule has 1 aromatic carbocycles. The average molecular weight is 321 g/mol. The van der Waals surface area contributed by atoms with Gasteiger partial charge in [0.15, 0.2) is 0 Å². The highest BCUT2D eigenvalue weighted by molar-refractivity contribution is 6.36. The third-order valence-corrected chi connectivity index (χ3v) is 3.13. The van der Waals surface area contributed by atoms with Crippen LogP contribution in [-0.4, -0.2) is 15.7 Å². The van der Waals surface area contributed by atoms with Crippen molar-refractivity contribution in [3.63, 3.8) is 0 Å². The fourth-order valence-electron chi connectivity index (χ4n) is 1.61. The maximum Gasteiger partial charge on any atom is 0.266 e. The first kappa shape index (κ1) is 15.1. The van der Waals surface area contributed by atoms with Crippen LogP contribution >= 0.6 is 23.2 Å². The second kappa shape index (κ2) is 6.44. The normalized spacial score (nSPS) is 11.0. The number of anilines is 1. The highest BCUT2D eigenvalue weighted by Crippen LogP contribution is 2.25. The maximum absolute atomic E-state index is 12.1. The number of rotatable bonds is 3. The van der Waals surface area contributed by atoms with Crippen molar-refractivity contribution in [1.29, 1.82) is 5.26 Å². The lowest BCUT2D eigenvalue weighted by Gasteiger charge is -2.06. The van der Waals surface area contributed by atoms with E-state index in [0.29, 0.717) is 21.3 Å². The van der Waals surface area contributed by atoms with Crippen LogP contribution in [-0.2, 0) is 11.8 Å². The van der Waals surface area contributed by atoms with Gasteiger partial charge in [-0.1, -0.05) is 23.2 Å². The summed E-state index contributed by atoms with van der Waals surface area (Å²) in [5, 5.41) is 16.4. The van der Waals surface area contributed by atoms with Crippen molar-refractivity contribution in [1.82, 2.24) is 9.78 Å². The van der Waals surface area contributed by atoms with E-state index in [2.05, 4.69) is 10.4 Å². The minimum absolute atomic E-state index is 0.0472. The molecule has 0 aliphatic heterocycles. The van der Waals surface area contributed by atoms with Gasteiger partial charge < -0.3 is 5.32 Å². The van der Waals surface area contributed by atoms with Crippen molar-refractivity contribution < 1.29 is 4.79 Å². The molecule has 2 rings (SSSR count). The summed E-state index contributed by atoms with van der Waals surface area (Å²) in [5.41, 5.74) is 0.999. The summed E-state index contributed by atoms with van der Waals surface area (Å²) < 4.78 is 1.58. The van der Waals surface area contributed by atoms with Crippen LogP contribution in [0.3, 0.4) is 0 Å². The molecular weight excluding hydrogens is 311 g/mol. The second-order valence-corrected chi connectivity index (χ2v) is 5.04. The molecule has 0 radical (unpaired) electrons. The van der Waals surface area contributed by atoms with Gasteiger partial charge >= 0.3 is 0 Å². The van der Waals surface area contributed by atoms with E-state index in [4.69, 9.17) is 28.5 Å². The summed E-state index contributed by atoms with van der Waals surface area (Å²) in [6.07, 6.45) is 4.70. The summed E-state index contributed by atoms with van der Waals surface area (Å²) in [6, 6.07) is 6.53. The molecule has 0 aliphatic rings. The number of nitrogens with zero attached hydrogens (tertiary/aromatic N) is 3. The lowest BCUT2D eigenvalue weighted by molar-refractivity contribution is -0.112. The van der Waals surface area contributed by atoms with Gasteiger partial charge in [-0.3, -0.25) is 9.48 Å². The summed E-state index contributed by atoms with van der Waals surface area (Å²) in [7, 11) is 1.75. The van der Waals surface area contributed by atoms with Crippen LogP contribution in [0.1, 0.15) is 5.56 Å². The van der Waals surface area contributed by atoms with E-state index >= 15 is 0 Å². The molecule has 5 nitrogen and oxygen atoms in total. The van der Waals surface area contributed by atoms with Gasteiger partial charge in [0.1, 0.15) is 11.6 Å². The molecule has 106 valence electrons. The van der Waals surface area contributed by atoms with Crippen LogP contribution in [0.15, 0.2) is 36.2 Å². The van der Waals surface area contributed by atoms with Gasteiger partial charge in [0.25, 0.3) is 5.91 Å². The van der Waals surface area contributed by atoms with Crippen molar-refractivity contribution in [2.45, 2.75) is 0 Å². The van der Waals surface area contributed by atoms with Crippen LogP contribution in [0.5, 0.6) is 0 Å². The van der Waals surface area contributed by atoms with Crippen molar-refractivity contribution in [2.24, 2.45) is 7.05 Å². The fraction of sp³-hybridized carbons (Fsp3) is 0.0714. The summed E-state index contributed by atoms with van der Waals surface area (Å²) in [6.45, 7) is 0. The van der Waals surface area contributed by atoms with E-state index in [9.17, 15) is 4.79 Å². The molecule has 2 aromatic rings. The second-order valence-electron chi connectivity index (χ2n) is 4.20. The highest BCUT2D eigenvalue weighted by atomic mass is 35.5. The topological polar surface area (TPSA) is 70.7 Å². The predicted molar refractivity (Wildman–Crippen MR) is 81.9 cm³/mol. The molecule has 7 heteroatoms. The lowest BCUT2D eigenvalue weighted by Crippen LogP contribution is -2.13. The number of aryl methyl sites for hydroxylation is 1. The Labute approximate surface area is 131 Å². The van der Waals surface area contributed by atoms with Crippen molar-refractivity contribution >= 4 is 40.9 Å². The molecule has 1 amide bonds. The van der Waals surface area contributed by atoms with Gasteiger partial charge in [-0.15, -0.1) is 0 Å². The van der Waals surface area contributed by atoms with E-state index < -0.39 is 5.91 Å². The zero-order chi connectivity index (χ0) is 15.4. The number of carbonyl (C=O) groups is 1. The molecule has 0 atom stereocenters. The molecule has 1 aromatic heterocycles. The van der Waals surface area contributed by atoms with E-state index in [1.807, 2.05) is 6.07 Å². The smallest absolute Gasteiger partial charge is 0.266 e. The Balaban J connectivity index is 2.21. The molecule has 1 heterocycles. The number of aromatic nitrogens is 2. The number of carbonyl (C=O) groups excluding carboxylic acids is 1. The van der Waals surface area contributed by atoms with Crippen LogP contribution < -0.4 is 5.32 Å². The molecular formula is C14H10Cl2N4O. The summed E-state index contributed by atoms with van der Waals surface area (Å²) in [4.78, 5) is 12.1. The summed E-state index contributed by atoms with van der Waals surface area (Å²) >= 11 is 11.8. The molecule has 0 aliphatic carbocycles. The molecule has 1 N–H and O–H groups in total. The van der Waals surface area contributed by atoms with Gasteiger partial charge in [-0.2, -0.15) is 10.4 Å². The monoisotopic (exact) mass is 320 g/mol. The number of nitriles is 1. The Morgan fingerprint density at radius 2 is 2.24 bits per heavy atom. The van der Waals surface area contributed by atoms with E-state index in [1.54, 1.807) is 36.3 Å². The van der Waals surface area contributed by atoms with Crippen molar-refractivity contribution in [3.8, 4) is 6.07 Å². The van der Waals surface area contributed by atoms with Crippen LogP contribution in [0.2, 0.25) is 10.0 Å². The first-order chi connectivity index (χ1) is 9.99. The number of amides is 1. The van der Waals surface area contributed by atoms with Gasteiger partial charge in [-0.25, -0.2) is 0 Å². The Morgan fingerprint density at radius 1 is 1.48 bits per heavy atom. The Bertz CT molecular complexity index is 759. The zero-order valence-corrected chi connectivity index (χ0v) is 12.5. The highest BCUT2D eigenvalue weighted by Gasteiger charge is 2.12. The zero-order valence-electron chi connectivity index (χ0n) is 11.0. The van der Waals surface area contributed by atoms with Gasteiger partial charge in [0.05, 0.1) is 16.9 Å². The Kier molecular flexibility index (Phi) is 4.63. The minimum Gasteiger partial charge on any atom is -0.320 e. The van der Waals surface area contributed by atoms with E-state index in [1.165, 1.54) is 12.1 Å². The molecule has 0 saturated carbocycles. The van der Waals surface area contributed by atoms with Crippen LogP contribution in [0.25, 0.3) is 6.08 Å². The Morgan fingerprint density at radius 3 is 2.81 bits per heavy atom. The molecule has 0 spiro atoms. The molecule has 21 heavy (non-hydrogen) atoms. The third kappa shape index (κ3) is 3.85. The molecule has 0 saturated heterocycles. The van der Waals surface area contributed by atoms with Gasteiger partial charge in [0, 0.05) is 23.8 Å². The van der Waals surface area contributed by atoms with Crippen molar-refractivity contribution in [2.75, 3.05) is 5.32 Å². The van der Waals surface area contributed by atoms with Gasteiger partial charge in [-0.05, 0) is 24.3 Å². The standard InChI is InChI=1S/C14H10Cl2N4O/c1-20-8-9(7-18-20)4-10(6-17)14(21)19-13-3-2-11(15)5-12(13)16/h2-5,7-8H,1H3,(H,19,21)/b10-4+. The van der Waals surface area contributed by atoms with E-state index in [0.717, 1.165) is 0 Å². The van der Waals surface area contributed by atoms with Crippen LogP contribution in [0.4, 0.5) is 5.69 Å². The number of halogens is 2. The average Bonchev–Trinajstić information content (AvgIpc) is 2.84. The predicted octanol–water partition coefficient (Wildman–Crippen LogP) is 3.27. The summed E-state index contributed by atoms with van der Waals surface area (Å²) in [5.74, 6) is -0.550. The van der Waals surface area contributed by atoms with Crippen molar-refractivity contribution in [3.05, 3.63) is 51.8 Å². The number of hydrogen-bond donors (Lipinski definition) is 1. The quantitative estimate of drug-likeness (QED) is 0.697. The number of hydrogen-bond acceptors (Lipinski definition) is 3. The number of nitrogens with one attached hydrogen (secondary N) is 1. The molecule has 0 bridgehead atoms. The minimum atomic E-state index is -0.550.